The summed E-state index contributed by atoms with van der Waals surface area (Å²) >= 11 is 1.40. The fourth-order valence-corrected chi connectivity index (χ4v) is 3.03. The Morgan fingerprint density at radius 2 is 2.22 bits per heavy atom. The van der Waals surface area contributed by atoms with Gasteiger partial charge in [-0.2, -0.15) is 5.26 Å². The third kappa shape index (κ3) is 3.56. The number of nitrogens with one attached hydrogen (secondary N) is 2. The number of rotatable bonds is 4. The van der Waals surface area contributed by atoms with Gasteiger partial charge in [-0.3, -0.25) is 4.79 Å². The molecule has 0 radical (unpaired) electrons. The van der Waals surface area contributed by atoms with E-state index in [9.17, 15) is 4.79 Å². The summed E-state index contributed by atoms with van der Waals surface area (Å²) < 4.78 is 0. The Balaban J connectivity index is 1.77. The van der Waals surface area contributed by atoms with Gasteiger partial charge in [0, 0.05) is 0 Å². The summed E-state index contributed by atoms with van der Waals surface area (Å²) in [5, 5.41) is 14.2. The van der Waals surface area contributed by atoms with Crippen molar-refractivity contribution in [1.29, 1.82) is 5.26 Å². The second-order valence-electron chi connectivity index (χ2n) is 4.63. The second kappa shape index (κ2) is 6.53. The highest BCUT2D eigenvalue weighted by Crippen LogP contribution is 2.21. The topological polar surface area (TPSA) is 57.3 Å². The summed E-state index contributed by atoms with van der Waals surface area (Å²) in [5.74, 6) is 0.0204. The van der Waals surface area contributed by atoms with E-state index >= 15 is 0 Å². The Labute approximate surface area is 111 Å². The molecule has 96 valence electrons. The molecule has 2 N–H and O–H groups in total. The van der Waals surface area contributed by atoms with Gasteiger partial charge in [0.25, 0.3) is 0 Å². The summed E-state index contributed by atoms with van der Waals surface area (Å²) in [6.45, 7) is 3.28. The van der Waals surface area contributed by atoms with E-state index in [1.807, 2.05) is 5.38 Å². The quantitative estimate of drug-likeness (QED) is 0.853. The zero-order valence-electron chi connectivity index (χ0n) is 10.4. The molecule has 1 amide bonds. The highest BCUT2D eigenvalue weighted by Gasteiger charge is 2.15. The highest BCUT2D eigenvalue weighted by molar-refractivity contribution is 7.14. The average Bonchev–Trinajstić information content (AvgIpc) is 2.85. The number of likely N-dealkylation sites (tertiary alicyclic amines) is 1. The molecule has 0 aromatic carbocycles. The predicted octanol–water partition coefficient (Wildman–Crippen LogP) is 1.02. The van der Waals surface area contributed by atoms with Crippen molar-refractivity contribution >= 4 is 22.2 Å². The van der Waals surface area contributed by atoms with Gasteiger partial charge in [-0.25, -0.2) is 0 Å². The monoisotopic (exact) mass is 264 g/mol. The van der Waals surface area contributed by atoms with E-state index in [1.54, 1.807) is 6.07 Å². The van der Waals surface area contributed by atoms with E-state index in [0.29, 0.717) is 17.0 Å². The molecular formula is C13H18N3OS+. The minimum absolute atomic E-state index is 0.0204. The molecule has 18 heavy (non-hydrogen) atoms. The lowest BCUT2D eigenvalue weighted by Gasteiger charge is -2.23. The smallest absolute Gasteiger partial charge is 0.230 e. The first-order chi connectivity index (χ1) is 8.79. The van der Waals surface area contributed by atoms with Gasteiger partial charge in [0.2, 0.25) is 5.91 Å². The van der Waals surface area contributed by atoms with Gasteiger partial charge in [0.05, 0.1) is 31.6 Å². The van der Waals surface area contributed by atoms with Crippen molar-refractivity contribution in [1.82, 2.24) is 0 Å². The van der Waals surface area contributed by atoms with Gasteiger partial charge in [0.1, 0.15) is 11.1 Å². The minimum atomic E-state index is 0.0204. The number of piperidine rings is 1. The van der Waals surface area contributed by atoms with Crippen LogP contribution in [-0.2, 0) is 4.79 Å². The van der Waals surface area contributed by atoms with Gasteiger partial charge in [0.15, 0.2) is 0 Å². The van der Waals surface area contributed by atoms with Crippen LogP contribution in [0.15, 0.2) is 11.4 Å². The molecule has 1 fully saturated rings. The van der Waals surface area contributed by atoms with E-state index in [2.05, 4.69) is 11.4 Å². The van der Waals surface area contributed by atoms with Gasteiger partial charge in [-0.1, -0.05) is 0 Å². The van der Waals surface area contributed by atoms with E-state index < -0.39 is 0 Å². The first-order valence-electron chi connectivity index (χ1n) is 6.40. The average molecular weight is 264 g/mol. The van der Waals surface area contributed by atoms with E-state index in [4.69, 9.17) is 5.26 Å². The van der Waals surface area contributed by atoms with Crippen LogP contribution in [0.1, 0.15) is 31.2 Å². The molecule has 0 aliphatic carbocycles. The number of nitriles is 1. The van der Waals surface area contributed by atoms with Crippen LogP contribution >= 0.6 is 11.3 Å². The summed E-state index contributed by atoms with van der Waals surface area (Å²) in [7, 11) is 0. The highest BCUT2D eigenvalue weighted by atomic mass is 32.1. The number of amides is 1. The molecule has 0 atom stereocenters. The van der Waals surface area contributed by atoms with Gasteiger partial charge in [-0.05, 0) is 30.7 Å². The molecule has 2 heterocycles. The van der Waals surface area contributed by atoms with Crippen LogP contribution in [0.2, 0.25) is 0 Å². The van der Waals surface area contributed by atoms with Crippen molar-refractivity contribution in [2.45, 2.75) is 25.7 Å². The molecule has 1 aromatic heterocycles. The molecule has 5 heteroatoms. The van der Waals surface area contributed by atoms with Crippen molar-refractivity contribution in [3.63, 3.8) is 0 Å². The summed E-state index contributed by atoms with van der Waals surface area (Å²) in [4.78, 5) is 13.3. The summed E-state index contributed by atoms with van der Waals surface area (Å²) in [6.07, 6.45) is 4.43. The zero-order chi connectivity index (χ0) is 12.8. The molecular weight excluding hydrogens is 246 g/mol. The number of thiophene rings is 1. The summed E-state index contributed by atoms with van der Waals surface area (Å²) in [5.41, 5.74) is 0.554. The number of carbonyl (C=O) groups excluding carboxylic acids is 1. The predicted molar refractivity (Wildman–Crippen MR) is 71.7 cm³/mol. The van der Waals surface area contributed by atoms with Gasteiger partial charge >= 0.3 is 0 Å². The minimum Gasteiger partial charge on any atom is -0.335 e. The molecule has 0 unspecified atom stereocenters. The van der Waals surface area contributed by atoms with Crippen LogP contribution < -0.4 is 10.2 Å². The number of carbonyl (C=O) groups is 1. The fourth-order valence-electron chi connectivity index (χ4n) is 2.28. The maximum atomic E-state index is 11.8. The molecule has 1 aliphatic rings. The van der Waals surface area contributed by atoms with Crippen molar-refractivity contribution in [3.8, 4) is 6.07 Å². The van der Waals surface area contributed by atoms with Gasteiger partial charge < -0.3 is 10.2 Å². The van der Waals surface area contributed by atoms with Crippen LogP contribution in [0.3, 0.4) is 0 Å². The molecule has 0 saturated carbocycles. The summed E-state index contributed by atoms with van der Waals surface area (Å²) in [6, 6.07) is 3.81. The third-order valence-corrected chi connectivity index (χ3v) is 4.13. The maximum Gasteiger partial charge on any atom is 0.230 e. The Kier molecular flexibility index (Phi) is 4.73. The second-order valence-corrected chi connectivity index (χ2v) is 5.55. The van der Waals surface area contributed by atoms with Crippen LogP contribution in [0.5, 0.6) is 0 Å². The van der Waals surface area contributed by atoms with Gasteiger partial charge in [-0.15, -0.1) is 11.3 Å². The molecule has 1 aromatic rings. The molecule has 4 nitrogen and oxygen atoms in total. The SMILES string of the molecule is N#Cc1ccsc1NC(=O)CC[NH+]1CCCCC1. The third-order valence-electron chi connectivity index (χ3n) is 3.30. The Morgan fingerprint density at radius 1 is 1.44 bits per heavy atom. The van der Waals surface area contributed by atoms with Crippen molar-refractivity contribution in [3.05, 3.63) is 17.0 Å². The number of anilines is 1. The normalized spacial score (nSPS) is 16.2. The lowest BCUT2D eigenvalue weighted by Crippen LogP contribution is -3.12. The van der Waals surface area contributed by atoms with E-state index in [0.717, 1.165) is 6.54 Å². The van der Waals surface area contributed by atoms with Crippen LogP contribution in [0.25, 0.3) is 0 Å². The number of hydrogen-bond acceptors (Lipinski definition) is 3. The Hall–Kier alpha value is -1.38. The first kappa shape index (κ1) is 13.1. The van der Waals surface area contributed by atoms with Crippen molar-refractivity contribution in [2.24, 2.45) is 0 Å². The van der Waals surface area contributed by atoms with Crippen molar-refractivity contribution < 1.29 is 9.69 Å². The van der Waals surface area contributed by atoms with E-state index in [-0.39, 0.29) is 5.91 Å². The van der Waals surface area contributed by atoms with Crippen LogP contribution in [-0.4, -0.2) is 25.5 Å². The lowest BCUT2D eigenvalue weighted by molar-refractivity contribution is -0.904. The number of quaternary nitrogens is 1. The van der Waals surface area contributed by atoms with E-state index in [1.165, 1.54) is 48.6 Å². The largest absolute Gasteiger partial charge is 0.335 e. The van der Waals surface area contributed by atoms with Crippen LogP contribution in [0, 0.1) is 11.3 Å². The molecule has 1 aliphatic heterocycles. The molecule has 1 saturated heterocycles. The first-order valence-corrected chi connectivity index (χ1v) is 7.28. The number of nitrogens with zero attached hydrogens (tertiary/aromatic N) is 1. The molecule has 0 spiro atoms. The molecule has 0 bridgehead atoms. The Morgan fingerprint density at radius 3 is 2.94 bits per heavy atom. The Bertz CT molecular complexity index is 443. The number of hydrogen-bond donors (Lipinski definition) is 2. The maximum absolute atomic E-state index is 11.8. The van der Waals surface area contributed by atoms with Crippen molar-refractivity contribution in [2.75, 3.05) is 25.0 Å². The standard InChI is InChI=1S/C13H17N3OS/c14-10-11-5-9-18-13(11)15-12(17)4-8-16-6-2-1-3-7-16/h5,9H,1-4,6-8H2,(H,15,17)/p+1. The van der Waals surface area contributed by atoms with Crippen LogP contribution in [0.4, 0.5) is 5.00 Å². The molecule has 2 rings (SSSR count). The lowest BCUT2D eigenvalue weighted by atomic mass is 10.1. The fraction of sp³-hybridized carbons (Fsp3) is 0.538. The zero-order valence-corrected chi connectivity index (χ0v) is 11.2.